The largest absolute Gasteiger partial charge is 0.335 e. The zero-order valence-corrected chi connectivity index (χ0v) is 16.5. The summed E-state index contributed by atoms with van der Waals surface area (Å²) in [7, 11) is -3.49. The van der Waals surface area contributed by atoms with Gasteiger partial charge >= 0.3 is 0 Å². The molecule has 0 atom stereocenters. The number of hydrogen-bond acceptors (Lipinski definition) is 5. The van der Waals surface area contributed by atoms with Gasteiger partial charge in [-0.2, -0.15) is 4.31 Å². The summed E-state index contributed by atoms with van der Waals surface area (Å²) in [5, 5.41) is 0. The second-order valence-electron chi connectivity index (χ2n) is 4.86. The van der Waals surface area contributed by atoms with Crippen molar-refractivity contribution in [1.29, 1.82) is 0 Å². The number of nitrogens with zero attached hydrogens (tertiary/aromatic N) is 2. The number of sulfonamides is 1. The molecule has 124 valence electrons. The third-order valence-corrected chi connectivity index (χ3v) is 8.66. The zero-order chi connectivity index (χ0) is 16.6. The van der Waals surface area contributed by atoms with Crippen LogP contribution in [0, 0.1) is 0 Å². The van der Waals surface area contributed by atoms with Gasteiger partial charge in [-0.05, 0) is 40.2 Å². The smallest absolute Gasteiger partial charge is 0.264 e. The van der Waals surface area contributed by atoms with Crippen molar-refractivity contribution in [2.75, 3.05) is 26.2 Å². The van der Waals surface area contributed by atoms with Gasteiger partial charge in [0.2, 0.25) is 0 Å². The molecule has 2 aromatic heterocycles. The Morgan fingerprint density at radius 3 is 2.30 bits per heavy atom. The number of amides is 1. The summed E-state index contributed by atoms with van der Waals surface area (Å²) in [5.74, 6) is -0.0992. The Morgan fingerprint density at radius 2 is 1.78 bits per heavy atom. The summed E-state index contributed by atoms with van der Waals surface area (Å²) >= 11 is 11.6. The Labute approximate surface area is 155 Å². The molecule has 0 radical (unpaired) electrons. The summed E-state index contributed by atoms with van der Waals surface area (Å²) in [6.07, 6.45) is 0. The van der Waals surface area contributed by atoms with Crippen LogP contribution in [-0.2, 0) is 10.0 Å². The molecule has 0 bridgehead atoms. The van der Waals surface area contributed by atoms with Crippen molar-refractivity contribution in [2.45, 2.75) is 4.21 Å². The van der Waals surface area contributed by atoms with Gasteiger partial charge in [0.1, 0.15) is 4.21 Å². The van der Waals surface area contributed by atoms with E-state index in [2.05, 4.69) is 15.9 Å². The van der Waals surface area contributed by atoms with Crippen molar-refractivity contribution in [1.82, 2.24) is 9.21 Å². The third kappa shape index (κ3) is 3.64. The summed E-state index contributed by atoms with van der Waals surface area (Å²) in [4.78, 5) is 14.6. The summed E-state index contributed by atoms with van der Waals surface area (Å²) in [5.41, 5.74) is 0. The van der Waals surface area contributed by atoms with Crippen molar-refractivity contribution in [3.05, 3.63) is 37.3 Å². The average Bonchev–Trinajstić information content (AvgIpc) is 3.15. The molecule has 0 unspecified atom stereocenters. The fraction of sp³-hybridized carbons (Fsp3) is 0.308. The summed E-state index contributed by atoms with van der Waals surface area (Å²) < 4.78 is 28.2. The highest BCUT2D eigenvalue weighted by Gasteiger charge is 2.31. The number of halogens is 2. The molecule has 3 rings (SSSR count). The molecule has 0 saturated carbocycles. The number of rotatable bonds is 3. The third-order valence-electron chi connectivity index (χ3n) is 3.45. The number of hydrogen-bond donors (Lipinski definition) is 0. The van der Waals surface area contributed by atoms with Crippen LogP contribution in [0.25, 0.3) is 0 Å². The maximum Gasteiger partial charge on any atom is 0.264 e. The first-order chi connectivity index (χ1) is 10.9. The van der Waals surface area contributed by atoms with Gasteiger partial charge in [-0.3, -0.25) is 4.79 Å². The molecule has 1 aliphatic rings. The highest BCUT2D eigenvalue weighted by Crippen LogP contribution is 2.29. The predicted molar refractivity (Wildman–Crippen MR) is 96.0 cm³/mol. The first-order valence-electron chi connectivity index (χ1n) is 6.68. The average molecular weight is 456 g/mol. The van der Waals surface area contributed by atoms with E-state index in [1.165, 1.54) is 27.0 Å². The Kier molecular flexibility index (Phi) is 5.15. The Hall–Kier alpha value is -0.450. The lowest BCUT2D eigenvalue weighted by molar-refractivity contribution is 0.0703. The maximum absolute atomic E-state index is 12.5. The molecule has 10 heteroatoms. The van der Waals surface area contributed by atoms with Crippen LogP contribution in [0.2, 0.25) is 4.34 Å². The second kappa shape index (κ2) is 6.81. The number of carbonyl (C=O) groups excluding carboxylic acids is 1. The van der Waals surface area contributed by atoms with Gasteiger partial charge in [0.25, 0.3) is 15.9 Å². The fourth-order valence-electron chi connectivity index (χ4n) is 2.28. The Balaban J connectivity index is 1.67. The second-order valence-corrected chi connectivity index (χ2v) is 11.2. The predicted octanol–water partition coefficient (Wildman–Crippen LogP) is 3.37. The van der Waals surface area contributed by atoms with E-state index in [0.717, 1.165) is 3.79 Å². The van der Waals surface area contributed by atoms with Gasteiger partial charge in [-0.1, -0.05) is 11.6 Å². The lowest BCUT2D eigenvalue weighted by atomic mass is 10.3. The van der Waals surface area contributed by atoms with Crippen molar-refractivity contribution in [3.63, 3.8) is 0 Å². The van der Waals surface area contributed by atoms with Gasteiger partial charge in [0, 0.05) is 26.2 Å². The fourth-order valence-corrected chi connectivity index (χ4v) is 6.88. The van der Waals surface area contributed by atoms with Crippen molar-refractivity contribution in [3.8, 4) is 0 Å². The first-order valence-corrected chi connectivity index (χ1v) is 10.9. The molecule has 1 fully saturated rings. The van der Waals surface area contributed by atoms with E-state index < -0.39 is 10.0 Å². The van der Waals surface area contributed by atoms with Crippen LogP contribution in [0.3, 0.4) is 0 Å². The van der Waals surface area contributed by atoms with E-state index in [4.69, 9.17) is 11.6 Å². The van der Waals surface area contributed by atoms with Crippen LogP contribution >= 0.6 is 50.2 Å². The zero-order valence-electron chi connectivity index (χ0n) is 11.7. The van der Waals surface area contributed by atoms with Gasteiger partial charge in [-0.15, -0.1) is 22.7 Å². The SMILES string of the molecule is O=C(c1ccc(Cl)s1)N1CCN(S(=O)(=O)c2ccc(Br)s2)CC1. The van der Waals surface area contributed by atoms with Crippen LogP contribution in [-0.4, -0.2) is 49.7 Å². The van der Waals surface area contributed by atoms with Crippen molar-refractivity contribution < 1.29 is 13.2 Å². The standard InChI is InChI=1S/C13H12BrClN2O3S3/c14-10-2-4-12(22-10)23(19,20)17-7-5-16(6-8-17)13(18)9-1-3-11(15)21-9/h1-4H,5-8H2. The van der Waals surface area contributed by atoms with Gasteiger partial charge in [-0.25, -0.2) is 8.42 Å². The molecule has 3 heterocycles. The molecule has 0 aromatic carbocycles. The molecule has 0 aliphatic carbocycles. The Morgan fingerprint density at radius 1 is 1.09 bits per heavy atom. The Bertz CT molecular complexity index is 825. The van der Waals surface area contributed by atoms with Crippen LogP contribution in [0.15, 0.2) is 32.3 Å². The molecule has 1 amide bonds. The molecule has 0 N–H and O–H groups in total. The monoisotopic (exact) mass is 454 g/mol. The minimum Gasteiger partial charge on any atom is -0.335 e. The molecule has 1 saturated heterocycles. The molecule has 0 spiro atoms. The van der Waals surface area contributed by atoms with Gasteiger partial charge in [0.05, 0.1) is 13.0 Å². The summed E-state index contributed by atoms with van der Waals surface area (Å²) in [6.45, 7) is 1.34. The van der Waals surface area contributed by atoms with Crippen molar-refractivity contribution >= 4 is 66.1 Å². The first kappa shape index (κ1) is 17.4. The minimum absolute atomic E-state index is 0.0992. The number of carbonyl (C=O) groups is 1. The molecule has 5 nitrogen and oxygen atoms in total. The molecule has 2 aromatic rings. The van der Waals surface area contributed by atoms with E-state index in [0.29, 0.717) is 39.6 Å². The van der Waals surface area contributed by atoms with E-state index >= 15 is 0 Å². The number of thiophene rings is 2. The minimum atomic E-state index is -3.49. The lowest BCUT2D eigenvalue weighted by Gasteiger charge is -2.33. The van der Waals surface area contributed by atoms with Crippen LogP contribution in [0.5, 0.6) is 0 Å². The quantitative estimate of drug-likeness (QED) is 0.713. The topological polar surface area (TPSA) is 57.7 Å². The summed E-state index contributed by atoms with van der Waals surface area (Å²) in [6, 6.07) is 6.70. The van der Waals surface area contributed by atoms with Crippen molar-refractivity contribution in [2.24, 2.45) is 0 Å². The van der Waals surface area contributed by atoms with Crippen LogP contribution in [0.1, 0.15) is 9.67 Å². The maximum atomic E-state index is 12.5. The highest BCUT2D eigenvalue weighted by molar-refractivity contribution is 9.11. The van der Waals surface area contributed by atoms with E-state index in [9.17, 15) is 13.2 Å². The van der Waals surface area contributed by atoms with E-state index in [-0.39, 0.29) is 5.91 Å². The molecule has 23 heavy (non-hydrogen) atoms. The highest BCUT2D eigenvalue weighted by atomic mass is 79.9. The normalized spacial score (nSPS) is 16.7. The molecule has 1 aliphatic heterocycles. The molecular weight excluding hydrogens is 444 g/mol. The van der Waals surface area contributed by atoms with Gasteiger partial charge in [0.15, 0.2) is 0 Å². The molecular formula is C13H12BrClN2O3S3. The van der Waals surface area contributed by atoms with Crippen LogP contribution in [0.4, 0.5) is 0 Å². The lowest BCUT2D eigenvalue weighted by Crippen LogP contribution is -2.50. The number of piperazine rings is 1. The van der Waals surface area contributed by atoms with E-state index in [1.807, 2.05) is 0 Å². The van der Waals surface area contributed by atoms with Crippen LogP contribution < -0.4 is 0 Å². The van der Waals surface area contributed by atoms with E-state index in [1.54, 1.807) is 29.2 Å². The van der Waals surface area contributed by atoms with Gasteiger partial charge < -0.3 is 4.90 Å².